The van der Waals surface area contributed by atoms with Gasteiger partial charge in [0.05, 0.1) is 29.4 Å². The normalized spacial score (nSPS) is 12.0. The molecule has 0 amide bonds. The molecule has 0 aliphatic carbocycles. The topological polar surface area (TPSA) is 115 Å². The van der Waals surface area contributed by atoms with E-state index in [0.717, 1.165) is 17.2 Å². The van der Waals surface area contributed by atoms with Crippen LogP contribution in [0, 0.1) is 6.92 Å². The van der Waals surface area contributed by atoms with Gasteiger partial charge in [-0.3, -0.25) is 4.72 Å². The maximum atomic E-state index is 13.1. The summed E-state index contributed by atoms with van der Waals surface area (Å²) in [5, 5.41) is 3.88. The smallest absolute Gasteiger partial charge is 0.419 e. The standard InChI is InChI=1S/C24H26N4O5S/c1-15-9-10-19-16(11-15)12-20(28(19)23(29)33-24(2,3)4)21-14-25-22(32-21)26-17-7-6-8-18(13-17)27-34(5,30)31/h6-14,27H,1-5H3,(H,25,26). The average molecular weight is 483 g/mol. The van der Waals surface area contributed by atoms with Crippen molar-refractivity contribution in [2.45, 2.75) is 33.3 Å². The summed E-state index contributed by atoms with van der Waals surface area (Å²) in [4.78, 5) is 17.3. The van der Waals surface area contributed by atoms with Crippen molar-refractivity contribution in [3.8, 4) is 11.5 Å². The van der Waals surface area contributed by atoms with Crippen LogP contribution in [-0.4, -0.2) is 35.9 Å². The second-order valence-electron chi connectivity index (χ2n) is 9.02. The van der Waals surface area contributed by atoms with Gasteiger partial charge < -0.3 is 14.5 Å². The predicted octanol–water partition coefficient (Wildman–Crippen LogP) is 5.50. The van der Waals surface area contributed by atoms with Crippen LogP contribution in [0.3, 0.4) is 0 Å². The third-order valence-corrected chi connectivity index (χ3v) is 5.31. The highest BCUT2D eigenvalue weighted by atomic mass is 32.2. The highest BCUT2D eigenvalue weighted by molar-refractivity contribution is 7.92. The summed E-state index contributed by atoms with van der Waals surface area (Å²) in [5.41, 5.74) is 2.56. The summed E-state index contributed by atoms with van der Waals surface area (Å²) in [6, 6.07) is 14.5. The molecule has 0 spiro atoms. The van der Waals surface area contributed by atoms with Gasteiger partial charge in [-0.05, 0) is 64.1 Å². The summed E-state index contributed by atoms with van der Waals surface area (Å²) in [5.74, 6) is 0.368. The zero-order chi connectivity index (χ0) is 24.7. The molecule has 0 atom stereocenters. The number of aryl methyl sites for hydroxylation is 1. The average Bonchev–Trinajstić information content (AvgIpc) is 3.29. The van der Waals surface area contributed by atoms with E-state index in [9.17, 15) is 13.2 Å². The van der Waals surface area contributed by atoms with Crippen molar-refractivity contribution in [2.75, 3.05) is 16.3 Å². The lowest BCUT2D eigenvalue weighted by Gasteiger charge is -2.20. The summed E-state index contributed by atoms with van der Waals surface area (Å²) >= 11 is 0. The Hall–Kier alpha value is -3.79. The van der Waals surface area contributed by atoms with Gasteiger partial charge in [-0.15, -0.1) is 0 Å². The number of carbonyl (C=O) groups excluding carboxylic acids is 1. The molecule has 2 N–H and O–H groups in total. The molecule has 0 aliphatic heterocycles. The highest BCUT2D eigenvalue weighted by Gasteiger charge is 2.24. The van der Waals surface area contributed by atoms with Crippen molar-refractivity contribution in [1.82, 2.24) is 9.55 Å². The number of nitrogens with one attached hydrogen (secondary N) is 2. The number of ether oxygens (including phenoxy) is 1. The number of nitrogens with zero attached hydrogens (tertiary/aromatic N) is 2. The van der Waals surface area contributed by atoms with Crippen LogP contribution in [0.4, 0.5) is 22.2 Å². The summed E-state index contributed by atoms with van der Waals surface area (Å²) in [6.45, 7) is 7.41. The van der Waals surface area contributed by atoms with Crippen molar-refractivity contribution < 1.29 is 22.4 Å². The van der Waals surface area contributed by atoms with E-state index >= 15 is 0 Å². The SMILES string of the molecule is Cc1ccc2c(c1)cc(-c1cnc(Nc3cccc(NS(C)(=O)=O)c3)o1)n2C(=O)OC(C)(C)C. The van der Waals surface area contributed by atoms with Crippen LogP contribution in [-0.2, 0) is 14.8 Å². The van der Waals surface area contributed by atoms with Gasteiger partial charge in [-0.1, -0.05) is 17.7 Å². The van der Waals surface area contributed by atoms with E-state index in [4.69, 9.17) is 9.15 Å². The largest absolute Gasteiger partial charge is 0.443 e. The number of hydrogen-bond donors (Lipinski definition) is 2. The van der Waals surface area contributed by atoms with Crippen LogP contribution < -0.4 is 10.0 Å². The molecular formula is C24H26N4O5S. The highest BCUT2D eigenvalue weighted by Crippen LogP contribution is 2.32. The zero-order valence-corrected chi connectivity index (χ0v) is 20.4. The molecule has 0 aliphatic rings. The Morgan fingerprint density at radius 1 is 1.09 bits per heavy atom. The Labute approximate surface area is 197 Å². The minimum absolute atomic E-state index is 0.184. The fourth-order valence-corrected chi connectivity index (χ4v) is 4.02. The molecule has 0 radical (unpaired) electrons. The first-order valence-electron chi connectivity index (χ1n) is 10.5. The third-order valence-electron chi connectivity index (χ3n) is 4.71. The lowest BCUT2D eigenvalue weighted by molar-refractivity contribution is 0.0546. The van der Waals surface area contributed by atoms with Gasteiger partial charge in [-0.25, -0.2) is 22.8 Å². The first-order valence-corrected chi connectivity index (χ1v) is 12.4. The van der Waals surface area contributed by atoms with Crippen molar-refractivity contribution in [1.29, 1.82) is 0 Å². The van der Waals surface area contributed by atoms with Crippen LogP contribution in [0.25, 0.3) is 22.4 Å². The molecule has 0 unspecified atom stereocenters. The maximum Gasteiger partial charge on any atom is 0.419 e. The van der Waals surface area contributed by atoms with Gasteiger partial charge in [0.25, 0.3) is 6.01 Å². The monoisotopic (exact) mass is 482 g/mol. The first-order chi connectivity index (χ1) is 15.9. The second kappa shape index (κ2) is 8.53. The van der Waals surface area contributed by atoms with Crippen LogP contribution in [0.15, 0.2) is 59.1 Å². The van der Waals surface area contributed by atoms with Crippen molar-refractivity contribution in [2.24, 2.45) is 0 Å². The first kappa shape index (κ1) is 23.4. The van der Waals surface area contributed by atoms with Gasteiger partial charge in [0.15, 0.2) is 5.76 Å². The fraction of sp³-hybridized carbons (Fsp3) is 0.250. The molecule has 0 saturated heterocycles. The number of sulfonamides is 1. The number of hydrogen-bond acceptors (Lipinski definition) is 7. The fourth-order valence-electron chi connectivity index (χ4n) is 3.47. The number of carbonyl (C=O) groups is 1. The Balaban J connectivity index is 1.69. The van der Waals surface area contributed by atoms with Gasteiger partial charge in [0.2, 0.25) is 10.0 Å². The van der Waals surface area contributed by atoms with Crippen molar-refractivity contribution in [3.63, 3.8) is 0 Å². The lowest BCUT2D eigenvalue weighted by atomic mass is 10.2. The molecule has 34 heavy (non-hydrogen) atoms. The molecule has 9 nitrogen and oxygen atoms in total. The molecule has 10 heteroatoms. The number of anilines is 3. The number of benzene rings is 2. The van der Waals surface area contributed by atoms with E-state index in [1.165, 1.54) is 10.8 Å². The van der Waals surface area contributed by atoms with Crippen LogP contribution >= 0.6 is 0 Å². The minimum Gasteiger partial charge on any atom is -0.443 e. The maximum absolute atomic E-state index is 13.1. The van der Waals surface area contributed by atoms with E-state index in [2.05, 4.69) is 15.0 Å². The van der Waals surface area contributed by atoms with E-state index < -0.39 is 21.7 Å². The molecule has 2 heterocycles. The van der Waals surface area contributed by atoms with Gasteiger partial charge in [0, 0.05) is 11.1 Å². The molecule has 2 aromatic carbocycles. The molecule has 0 saturated carbocycles. The number of rotatable bonds is 5. The Bertz CT molecular complexity index is 1480. The van der Waals surface area contributed by atoms with E-state index in [1.807, 2.05) is 52.0 Å². The van der Waals surface area contributed by atoms with Gasteiger partial charge >= 0.3 is 6.09 Å². The Morgan fingerprint density at radius 3 is 2.53 bits per heavy atom. The Morgan fingerprint density at radius 2 is 1.82 bits per heavy atom. The molecule has 4 aromatic rings. The molecule has 0 fully saturated rings. The van der Waals surface area contributed by atoms with E-state index in [0.29, 0.717) is 28.3 Å². The van der Waals surface area contributed by atoms with E-state index in [1.54, 1.807) is 24.3 Å². The van der Waals surface area contributed by atoms with Crippen LogP contribution in [0.2, 0.25) is 0 Å². The quantitative estimate of drug-likeness (QED) is 0.386. The van der Waals surface area contributed by atoms with E-state index in [-0.39, 0.29) is 6.01 Å². The zero-order valence-electron chi connectivity index (χ0n) is 19.5. The molecular weight excluding hydrogens is 456 g/mol. The van der Waals surface area contributed by atoms with Gasteiger partial charge in [0.1, 0.15) is 5.60 Å². The van der Waals surface area contributed by atoms with Crippen molar-refractivity contribution >= 4 is 44.4 Å². The van der Waals surface area contributed by atoms with Crippen molar-refractivity contribution in [3.05, 3.63) is 60.3 Å². The second-order valence-corrected chi connectivity index (χ2v) is 10.8. The third kappa shape index (κ3) is 5.40. The summed E-state index contributed by atoms with van der Waals surface area (Å²) in [7, 11) is -3.40. The molecule has 178 valence electrons. The number of fused-ring (bicyclic) bond motifs is 1. The van der Waals surface area contributed by atoms with Gasteiger partial charge in [-0.2, -0.15) is 0 Å². The summed E-state index contributed by atoms with van der Waals surface area (Å²) < 4.78 is 38.4. The number of oxazole rings is 1. The predicted molar refractivity (Wildman–Crippen MR) is 132 cm³/mol. The summed E-state index contributed by atoms with van der Waals surface area (Å²) in [6.07, 6.45) is 2.08. The Kier molecular flexibility index (Phi) is 5.86. The molecule has 0 bridgehead atoms. The molecule has 4 rings (SSSR count). The van der Waals surface area contributed by atoms with Crippen LogP contribution in [0.1, 0.15) is 26.3 Å². The van der Waals surface area contributed by atoms with Crippen LogP contribution in [0.5, 0.6) is 0 Å². The lowest BCUT2D eigenvalue weighted by Crippen LogP contribution is -2.27. The molecule has 2 aromatic heterocycles. The number of aromatic nitrogens is 2. The minimum atomic E-state index is -3.40.